The van der Waals surface area contributed by atoms with Crippen molar-refractivity contribution in [1.29, 1.82) is 0 Å². The number of amides is 1. The Bertz CT molecular complexity index is 1220. The number of aliphatic hydroxyl groups is 1. The lowest BCUT2D eigenvalue weighted by Gasteiger charge is -2.16. The number of H-pyrrole nitrogens is 1. The highest BCUT2D eigenvalue weighted by Crippen LogP contribution is 2.35. The van der Waals surface area contributed by atoms with Crippen LogP contribution in [0.15, 0.2) is 55.2 Å². The van der Waals surface area contributed by atoms with E-state index in [1.807, 2.05) is 24.4 Å². The predicted molar refractivity (Wildman–Crippen MR) is 113 cm³/mol. The first-order valence-electron chi connectivity index (χ1n) is 9.30. The van der Waals surface area contributed by atoms with Crippen molar-refractivity contribution >= 4 is 16.9 Å². The minimum absolute atomic E-state index is 0.404. The summed E-state index contributed by atoms with van der Waals surface area (Å²) < 4.78 is 5.40. The molecule has 2 N–H and O–H groups in total. The summed E-state index contributed by atoms with van der Waals surface area (Å²) in [6.07, 6.45) is 7.17. The molecule has 4 aromatic rings. The van der Waals surface area contributed by atoms with Crippen LogP contribution in [0.4, 0.5) is 0 Å². The number of carbonyl (C=O) groups excluding carboxylic acids is 1. The van der Waals surface area contributed by atoms with Crippen molar-refractivity contribution in [3.05, 3.63) is 60.8 Å². The summed E-state index contributed by atoms with van der Waals surface area (Å²) in [5.41, 5.74) is 4.48. The lowest BCUT2D eigenvalue weighted by atomic mass is 10.0. The van der Waals surface area contributed by atoms with Crippen molar-refractivity contribution in [1.82, 2.24) is 24.8 Å². The van der Waals surface area contributed by atoms with Gasteiger partial charge < -0.3 is 19.7 Å². The molecule has 0 aliphatic rings. The van der Waals surface area contributed by atoms with Crippen LogP contribution in [0.25, 0.3) is 33.3 Å². The van der Waals surface area contributed by atoms with Crippen LogP contribution in [0.5, 0.6) is 5.88 Å². The second-order valence-corrected chi connectivity index (χ2v) is 7.02. The van der Waals surface area contributed by atoms with Gasteiger partial charge in [-0.1, -0.05) is 0 Å². The van der Waals surface area contributed by atoms with E-state index in [9.17, 15) is 9.90 Å². The minimum atomic E-state index is -1.27. The van der Waals surface area contributed by atoms with E-state index in [2.05, 4.69) is 19.9 Å². The minimum Gasteiger partial charge on any atom is -0.481 e. The van der Waals surface area contributed by atoms with Crippen molar-refractivity contribution in [2.75, 3.05) is 21.2 Å². The summed E-state index contributed by atoms with van der Waals surface area (Å²) in [5.74, 6) is 0.122. The molecule has 8 nitrogen and oxygen atoms in total. The summed E-state index contributed by atoms with van der Waals surface area (Å²) in [5, 5.41) is 11.2. The Morgan fingerprint density at radius 1 is 1.13 bits per heavy atom. The third-order valence-electron chi connectivity index (χ3n) is 4.87. The molecule has 0 aliphatic heterocycles. The van der Waals surface area contributed by atoms with E-state index in [4.69, 9.17) is 4.74 Å². The molecule has 0 bridgehead atoms. The molecule has 4 rings (SSSR count). The van der Waals surface area contributed by atoms with Crippen LogP contribution in [0.3, 0.4) is 0 Å². The maximum Gasteiger partial charge on any atom is 0.255 e. The summed E-state index contributed by atoms with van der Waals surface area (Å²) in [7, 11) is 4.78. The van der Waals surface area contributed by atoms with Crippen molar-refractivity contribution in [3.8, 4) is 28.1 Å². The highest BCUT2D eigenvalue weighted by molar-refractivity contribution is 5.97. The first kappa shape index (κ1) is 19.5. The molecule has 0 saturated carbocycles. The van der Waals surface area contributed by atoms with E-state index in [1.54, 1.807) is 45.9 Å². The normalized spacial score (nSPS) is 12.0. The number of aromatic nitrogens is 4. The van der Waals surface area contributed by atoms with Crippen LogP contribution in [-0.2, 0) is 4.79 Å². The number of hydrogen-bond donors (Lipinski definition) is 2. The van der Waals surface area contributed by atoms with Crippen molar-refractivity contribution < 1.29 is 14.6 Å². The van der Waals surface area contributed by atoms with E-state index in [-0.39, 0.29) is 0 Å². The fourth-order valence-electron chi connectivity index (χ4n) is 3.29. The molecule has 1 unspecified atom stereocenters. The molecule has 0 saturated heterocycles. The van der Waals surface area contributed by atoms with Crippen LogP contribution in [0.1, 0.15) is 11.7 Å². The van der Waals surface area contributed by atoms with Crippen LogP contribution in [-0.4, -0.2) is 57.1 Å². The number of nitrogens with one attached hydrogen (secondary N) is 1. The van der Waals surface area contributed by atoms with Gasteiger partial charge in [0.2, 0.25) is 5.88 Å². The van der Waals surface area contributed by atoms with Crippen LogP contribution < -0.4 is 4.74 Å². The lowest BCUT2D eigenvalue weighted by molar-refractivity contribution is -0.137. The van der Waals surface area contributed by atoms with Crippen LogP contribution in [0.2, 0.25) is 0 Å². The Morgan fingerprint density at radius 2 is 1.93 bits per heavy atom. The first-order chi connectivity index (χ1) is 14.5. The molecular formula is C22H21N5O3. The third kappa shape index (κ3) is 3.48. The quantitative estimate of drug-likeness (QED) is 0.531. The largest absolute Gasteiger partial charge is 0.481 e. The van der Waals surface area contributed by atoms with Gasteiger partial charge in [-0.3, -0.25) is 9.78 Å². The summed E-state index contributed by atoms with van der Waals surface area (Å²) >= 11 is 0. The SMILES string of the molecule is COc1ncccc1-c1c[nH]c2ncc(-c3cncc(C(O)C(=O)N(C)C)c3)cc12. The van der Waals surface area contributed by atoms with Gasteiger partial charge in [0.25, 0.3) is 5.91 Å². The zero-order valence-electron chi connectivity index (χ0n) is 16.8. The molecule has 8 heteroatoms. The molecule has 1 amide bonds. The van der Waals surface area contributed by atoms with Gasteiger partial charge in [-0.05, 0) is 24.3 Å². The Hall–Kier alpha value is -3.78. The van der Waals surface area contributed by atoms with Crippen molar-refractivity contribution in [2.24, 2.45) is 0 Å². The van der Waals surface area contributed by atoms with Gasteiger partial charge in [0, 0.05) is 78.3 Å². The molecule has 1 atom stereocenters. The van der Waals surface area contributed by atoms with Gasteiger partial charge in [0.15, 0.2) is 6.10 Å². The van der Waals surface area contributed by atoms with E-state index in [0.717, 1.165) is 33.3 Å². The van der Waals surface area contributed by atoms with E-state index < -0.39 is 12.0 Å². The Kier molecular flexibility index (Phi) is 5.16. The number of likely N-dealkylation sites (N-methyl/N-ethyl adjacent to an activating group) is 1. The van der Waals surface area contributed by atoms with Gasteiger partial charge in [-0.2, -0.15) is 0 Å². The Morgan fingerprint density at radius 3 is 2.70 bits per heavy atom. The number of ether oxygens (including phenoxy) is 1. The average Bonchev–Trinajstić information content (AvgIpc) is 3.21. The summed E-state index contributed by atoms with van der Waals surface area (Å²) in [4.78, 5) is 29.6. The number of fused-ring (bicyclic) bond motifs is 1. The van der Waals surface area contributed by atoms with E-state index in [1.165, 1.54) is 11.1 Å². The van der Waals surface area contributed by atoms with Gasteiger partial charge in [-0.25, -0.2) is 9.97 Å². The molecule has 30 heavy (non-hydrogen) atoms. The number of aromatic amines is 1. The lowest BCUT2D eigenvalue weighted by Crippen LogP contribution is -2.28. The fraction of sp³-hybridized carbons (Fsp3) is 0.182. The molecule has 0 aliphatic carbocycles. The molecule has 0 radical (unpaired) electrons. The monoisotopic (exact) mass is 403 g/mol. The zero-order valence-corrected chi connectivity index (χ0v) is 16.8. The smallest absolute Gasteiger partial charge is 0.255 e. The van der Waals surface area contributed by atoms with E-state index >= 15 is 0 Å². The highest BCUT2D eigenvalue weighted by Gasteiger charge is 2.20. The first-order valence-corrected chi connectivity index (χ1v) is 9.30. The maximum absolute atomic E-state index is 12.1. The predicted octanol–water partition coefficient (Wildman–Crippen LogP) is 2.82. The van der Waals surface area contributed by atoms with Crippen molar-refractivity contribution in [2.45, 2.75) is 6.10 Å². The Balaban J connectivity index is 1.78. The molecule has 152 valence electrons. The molecular weight excluding hydrogens is 382 g/mol. The van der Waals surface area contributed by atoms with Crippen LogP contribution >= 0.6 is 0 Å². The second kappa shape index (κ2) is 7.92. The molecule has 0 aromatic carbocycles. The van der Waals surface area contributed by atoms with Crippen LogP contribution in [0, 0.1) is 0 Å². The van der Waals surface area contributed by atoms with Gasteiger partial charge in [-0.15, -0.1) is 0 Å². The number of methoxy groups -OCH3 is 1. The van der Waals surface area contributed by atoms with Gasteiger partial charge >= 0.3 is 0 Å². The average molecular weight is 403 g/mol. The van der Waals surface area contributed by atoms with Crippen molar-refractivity contribution in [3.63, 3.8) is 0 Å². The summed E-state index contributed by atoms with van der Waals surface area (Å²) in [6.45, 7) is 0. The fourth-order valence-corrected chi connectivity index (χ4v) is 3.29. The van der Waals surface area contributed by atoms with Gasteiger partial charge in [0.1, 0.15) is 5.65 Å². The Labute approximate surface area is 173 Å². The summed E-state index contributed by atoms with van der Waals surface area (Å²) in [6, 6.07) is 7.53. The topological polar surface area (TPSA) is 104 Å². The zero-order chi connectivity index (χ0) is 21.3. The molecule has 4 aromatic heterocycles. The number of rotatable bonds is 5. The number of carbonyl (C=O) groups is 1. The second-order valence-electron chi connectivity index (χ2n) is 7.02. The molecule has 0 spiro atoms. The number of hydrogen-bond acceptors (Lipinski definition) is 6. The number of pyridine rings is 3. The van der Waals surface area contributed by atoms with Gasteiger partial charge in [0.05, 0.1) is 7.11 Å². The standard InChI is InChI=1S/C22H21N5O3/c1-27(2)22(29)19(28)15-7-13(9-23-10-15)14-8-17-18(12-26-20(17)25-11-14)16-5-4-6-24-21(16)30-3/h4-12,19,28H,1-3H3,(H,25,26). The maximum atomic E-state index is 12.1. The number of aliphatic hydroxyl groups excluding tert-OH is 1. The third-order valence-corrected chi connectivity index (χ3v) is 4.87. The molecule has 4 heterocycles. The number of nitrogens with zero attached hydrogens (tertiary/aromatic N) is 4. The highest BCUT2D eigenvalue weighted by atomic mass is 16.5. The van der Waals surface area contributed by atoms with E-state index in [0.29, 0.717) is 11.4 Å². The molecule has 0 fully saturated rings.